The summed E-state index contributed by atoms with van der Waals surface area (Å²) in [6, 6.07) is 5.11. The van der Waals surface area contributed by atoms with Crippen molar-refractivity contribution in [2.45, 2.75) is 38.3 Å². The van der Waals surface area contributed by atoms with Gasteiger partial charge in [-0.2, -0.15) is 8.78 Å². The van der Waals surface area contributed by atoms with Crippen LogP contribution in [-0.2, 0) is 4.79 Å². The van der Waals surface area contributed by atoms with Gasteiger partial charge in [0.2, 0.25) is 0 Å². The molecule has 1 aliphatic carbocycles. The number of anilines is 1. The Morgan fingerprint density at radius 1 is 1.13 bits per heavy atom. The number of hydrogen-bond acceptors (Lipinski definition) is 3. The third-order valence-corrected chi connectivity index (χ3v) is 3.75. The molecule has 0 bridgehead atoms. The molecule has 1 aromatic rings. The largest absolute Gasteiger partial charge is 0.481 e. The monoisotopic (exact) mass is 328 g/mol. The van der Waals surface area contributed by atoms with E-state index in [1.54, 1.807) is 0 Å². The number of rotatable bonds is 5. The van der Waals surface area contributed by atoms with E-state index in [1.807, 2.05) is 0 Å². The summed E-state index contributed by atoms with van der Waals surface area (Å²) in [5, 5.41) is 14.3. The second-order valence-electron chi connectivity index (χ2n) is 5.39. The molecule has 1 aromatic carbocycles. The molecule has 0 atom stereocenters. The standard InChI is InChI=1S/C15H18F2N2O4/c16-14(17)23-12-7-5-11(6-8-12)19-15(22)18-10-3-1-9(2-4-10)13(20)21/h5-10,14H,1-4H2,(H,20,21)(H2,18,19,22). The fraction of sp³-hybridized carbons (Fsp3) is 0.467. The molecule has 1 saturated carbocycles. The van der Waals surface area contributed by atoms with E-state index in [9.17, 15) is 18.4 Å². The topological polar surface area (TPSA) is 87.7 Å². The predicted molar refractivity (Wildman–Crippen MR) is 78.6 cm³/mol. The lowest BCUT2D eigenvalue weighted by Gasteiger charge is -2.26. The fourth-order valence-corrected chi connectivity index (χ4v) is 2.56. The van der Waals surface area contributed by atoms with Crippen LogP contribution in [0.4, 0.5) is 19.3 Å². The van der Waals surface area contributed by atoms with Gasteiger partial charge in [-0.1, -0.05) is 0 Å². The van der Waals surface area contributed by atoms with Gasteiger partial charge < -0.3 is 20.5 Å². The Labute approximate surface area is 131 Å². The van der Waals surface area contributed by atoms with Gasteiger partial charge in [-0.25, -0.2) is 4.79 Å². The van der Waals surface area contributed by atoms with Crippen molar-refractivity contribution in [3.05, 3.63) is 24.3 Å². The van der Waals surface area contributed by atoms with E-state index in [0.29, 0.717) is 31.4 Å². The van der Waals surface area contributed by atoms with Crippen molar-refractivity contribution >= 4 is 17.7 Å². The van der Waals surface area contributed by atoms with E-state index in [0.717, 1.165) is 0 Å². The number of halogens is 2. The molecule has 3 N–H and O–H groups in total. The highest BCUT2D eigenvalue weighted by molar-refractivity contribution is 5.89. The Kier molecular flexibility index (Phi) is 5.72. The van der Waals surface area contributed by atoms with Crippen LogP contribution in [0.1, 0.15) is 25.7 Å². The van der Waals surface area contributed by atoms with Crippen molar-refractivity contribution in [1.29, 1.82) is 0 Å². The van der Waals surface area contributed by atoms with Crippen LogP contribution in [0, 0.1) is 5.92 Å². The van der Waals surface area contributed by atoms with Crippen LogP contribution in [-0.4, -0.2) is 29.8 Å². The van der Waals surface area contributed by atoms with Crippen molar-refractivity contribution in [2.75, 3.05) is 5.32 Å². The number of ether oxygens (including phenoxy) is 1. The van der Waals surface area contributed by atoms with E-state index in [-0.39, 0.29) is 17.7 Å². The number of benzene rings is 1. The number of carbonyl (C=O) groups is 2. The minimum Gasteiger partial charge on any atom is -0.481 e. The van der Waals surface area contributed by atoms with E-state index in [1.165, 1.54) is 24.3 Å². The number of hydrogen-bond donors (Lipinski definition) is 3. The summed E-state index contributed by atoms with van der Waals surface area (Å²) in [7, 11) is 0. The average Bonchev–Trinajstić information content (AvgIpc) is 2.49. The fourth-order valence-electron chi connectivity index (χ4n) is 2.56. The third-order valence-electron chi connectivity index (χ3n) is 3.75. The van der Waals surface area contributed by atoms with Crippen LogP contribution < -0.4 is 15.4 Å². The summed E-state index contributed by atoms with van der Waals surface area (Å²) in [6.07, 6.45) is 2.32. The smallest absolute Gasteiger partial charge is 0.387 e. The zero-order valence-corrected chi connectivity index (χ0v) is 12.3. The molecule has 2 amide bonds. The molecular weight excluding hydrogens is 310 g/mol. The lowest BCUT2D eigenvalue weighted by atomic mass is 9.86. The maximum Gasteiger partial charge on any atom is 0.387 e. The van der Waals surface area contributed by atoms with Gasteiger partial charge in [0.25, 0.3) is 0 Å². The average molecular weight is 328 g/mol. The summed E-state index contributed by atoms with van der Waals surface area (Å²) >= 11 is 0. The molecule has 0 aromatic heterocycles. The number of aliphatic carboxylic acids is 1. The zero-order valence-electron chi connectivity index (χ0n) is 12.3. The Hall–Kier alpha value is -2.38. The number of alkyl halides is 2. The molecule has 0 aliphatic heterocycles. The molecule has 2 rings (SSSR count). The zero-order chi connectivity index (χ0) is 16.8. The highest BCUT2D eigenvalue weighted by Crippen LogP contribution is 2.24. The first-order chi connectivity index (χ1) is 10.9. The number of nitrogens with one attached hydrogen (secondary N) is 2. The molecule has 126 valence electrons. The van der Waals surface area contributed by atoms with Gasteiger partial charge in [-0.05, 0) is 49.9 Å². The minimum absolute atomic E-state index is 0.0120. The van der Waals surface area contributed by atoms with Gasteiger partial charge >= 0.3 is 18.6 Å². The lowest BCUT2D eigenvalue weighted by molar-refractivity contribution is -0.142. The molecule has 0 heterocycles. The molecule has 23 heavy (non-hydrogen) atoms. The molecule has 1 fully saturated rings. The van der Waals surface area contributed by atoms with E-state index in [2.05, 4.69) is 15.4 Å². The second-order valence-corrected chi connectivity index (χ2v) is 5.39. The van der Waals surface area contributed by atoms with Crippen LogP contribution in [0.3, 0.4) is 0 Å². The highest BCUT2D eigenvalue weighted by atomic mass is 19.3. The number of amides is 2. The van der Waals surface area contributed by atoms with Crippen LogP contribution in [0.15, 0.2) is 24.3 Å². The lowest BCUT2D eigenvalue weighted by Crippen LogP contribution is -2.40. The molecular formula is C15H18F2N2O4. The van der Waals surface area contributed by atoms with Crippen LogP contribution >= 0.6 is 0 Å². The van der Waals surface area contributed by atoms with Crippen molar-refractivity contribution < 1.29 is 28.2 Å². The number of carbonyl (C=O) groups excluding carboxylic acids is 1. The quantitative estimate of drug-likeness (QED) is 0.775. The van der Waals surface area contributed by atoms with E-state index in [4.69, 9.17) is 5.11 Å². The van der Waals surface area contributed by atoms with E-state index < -0.39 is 18.6 Å². The maximum atomic E-state index is 12.0. The Morgan fingerprint density at radius 2 is 1.74 bits per heavy atom. The number of carboxylic acids is 1. The predicted octanol–water partition coefficient (Wildman–Crippen LogP) is 3.05. The first-order valence-electron chi connectivity index (χ1n) is 7.29. The maximum absolute atomic E-state index is 12.0. The Bertz CT molecular complexity index is 543. The van der Waals surface area contributed by atoms with Gasteiger partial charge in [-0.15, -0.1) is 0 Å². The SMILES string of the molecule is O=C(Nc1ccc(OC(F)F)cc1)NC1CCC(C(=O)O)CC1. The van der Waals surface area contributed by atoms with Crippen LogP contribution in [0.2, 0.25) is 0 Å². The molecule has 6 nitrogen and oxygen atoms in total. The first-order valence-corrected chi connectivity index (χ1v) is 7.29. The molecule has 0 radical (unpaired) electrons. The molecule has 0 unspecified atom stereocenters. The second kappa shape index (κ2) is 7.75. The molecule has 1 aliphatic rings. The summed E-state index contributed by atoms with van der Waals surface area (Å²) in [5.41, 5.74) is 0.448. The van der Waals surface area contributed by atoms with Crippen molar-refractivity contribution in [3.8, 4) is 5.75 Å². The van der Waals surface area contributed by atoms with Gasteiger partial charge in [0.15, 0.2) is 0 Å². The summed E-state index contributed by atoms with van der Waals surface area (Å²) < 4.78 is 28.3. The van der Waals surface area contributed by atoms with E-state index >= 15 is 0 Å². The van der Waals surface area contributed by atoms with Gasteiger partial charge in [-0.3, -0.25) is 4.79 Å². The normalized spacial score (nSPS) is 20.8. The number of urea groups is 1. The Morgan fingerprint density at radius 3 is 2.26 bits per heavy atom. The third kappa shape index (κ3) is 5.39. The highest BCUT2D eigenvalue weighted by Gasteiger charge is 2.26. The summed E-state index contributed by atoms with van der Waals surface area (Å²) in [4.78, 5) is 22.7. The van der Waals surface area contributed by atoms with Gasteiger partial charge in [0.1, 0.15) is 5.75 Å². The first kappa shape index (κ1) is 17.0. The van der Waals surface area contributed by atoms with Gasteiger partial charge in [0.05, 0.1) is 5.92 Å². The molecule has 8 heteroatoms. The van der Waals surface area contributed by atoms with Crippen LogP contribution in [0.5, 0.6) is 5.75 Å². The molecule has 0 spiro atoms. The van der Waals surface area contributed by atoms with Gasteiger partial charge in [0, 0.05) is 11.7 Å². The number of carboxylic acid groups (broad SMARTS) is 1. The summed E-state index contributed by atoms with van der Waals surface area (Å²) in [5.74, 6) is -1.12. The minimum atomic E-state index is -2.89. The Balaban J connectivity index is 1.78. The molecule has 0 saturated heterocycles. The van der Waals surface area contributed by atoms with Crippen molar-refractivity contribution in [2.24, 2.45) is 5.92 Å². The van der Waals surface area contributed by atoms with Crippen molar-refractivity contribution in [1.82, 2.24) is 5.32 Å². The summed E-state index contributed by atoms with van der Waals surface area (Å²) in [6.45, 7) is -2.89. The van der Waals surface area contributed by atoms with Crippen molar-refractivity contribution in [3.63, 3.8) is 0 Å². The van der Waals surface area contributed by atoms with Crippen LogP contribution in [0.25, 0.3) is 0 Å².